The zero-order valence-electron chi connectivity index (χ0n) is 11.1. The van der Waals surface area contributed by atoms with Gasteiger partial charge in [0.15, 0.2) is 0 Å². The van der Waals surface area contributed by atoms with E-state index in [0.29, 0.717) is 12.2 Å². The SMILES string of the molecule is O=c1oc(-c2ccc(F)cc2)nn1CN1CCCCC1. The molecule has 0 atom stereocenters. The van der Waals surface area contributed by atoms with Crippen LogP contribution in [0.5, 0.6) is 0 Å². The van der Waals surface area contributed by atoms with Crippen molar-refractivity contribution in [3.8, 4) is 11.5 Å². The topological polar surface area (TPSA) is 51.3 Å². The summed E-state index contributed by atoms with van der Waals surface area (Å²) in [7, 11) is 0. The number of likely N-dealkylation sites (tertiary alicyclic amines) is 1. The number of halogens is 1. The molecule has 0 radical (unpaired) electrons. The number of aromatic nitrogens is 2. The molecular formula is C14H16FN3O2. The lowest BCUT2D eigenvalue weighted by molar-refractivity contribution is 0.168. The van der Waals surface area contributed by atoms with Gasteiger partial charge < -0.3 is 4.42 Å². The number of hydrogen-bond donors (Lipinski definition) is 0. The van der Waals surface area contributed by atoms with Gasteiger partial charge in [-0.3, -0.25) is 4.90 Å². The highest BCUT2D eigenvalue weighted by molar-refractivity contribution is 5.51. The number of nitrogens with zero attached hydrogens (tertiary/aromatic N) is 3. The summed E-state index contributed by atoms with van der Waals surface area (Å²) in [5, 5.41) is 4.18. The minimum atomic E-state index is -0.477. The minimum Gasteiger partial charge on any atom is -0.388 e. The van der Waals surface area contributed by atoms with Crippen molar-refractivity contribution >= 4 is 0 Å². The lowest BCUT2D eigenvalue weighted by Gasteiger charge is -2.25. The first kappa shape index (κ1) is 13.1. The number of benzene rings is 1. The van der Waals surface area contributed by atoms with Crippen molar-refractivity contribution in [2.75, 3.05) is 13.1 Å². The summed E-state index contributed by atoms with van der Waals surface area (Å²) in [5.74, 6) is -0.578. The minimum absolute atomic E-state index is 0.229. The van der Waals surface area contributed by atoms with Crippen molar-refractivity contribution in [1.82, 2.24) is 14.7 Å². The van der Waals surface area contributed by atoms with E-state index in [2.05, 4.69) is 10.00 Å². The van der Waals surface area contributed by atoms with E-state index in [9.17, 15) is 9.18 Å². The lowest BCUT2D eigenvalue weighted by Crippen LogP contribution is -2.35. The molecule has 2 aromatic rings. The Morgan fingerprint density at radius 1 is 1.15 bits per heavy atom. The van der Waals surface area contributed by atoms with E-state index in [-0.39, 0.29) is 11.7 Å². The Bertz CT molecular complexity index is 627. The Morgan fingerprint density at radius 2 is 1.85 bits per heavy atom. The molecule has 0 aliphatic carbocycles. The molecule has 3 rings (SSSR count). The lowest BCUT2D eigenvalue weighted by atomic mass is 10.1. The first-order chi connectivity index (χ1) is 9.72. The van der Waals surface area contributed by atoms with E-state index in [0.717, 1.165) is 25.9 Å². The number of rotatable bonds is 3. The van der Waals surface area contributed by atoms with Crippen LogP contribution in [0.3, 0.4) is 0 Å². The fourth-order valence-electron chi connectivity index (χ4n) is 2.40. The van der Waals surface area contributed by atoms with Crippen LogP contribution < -0.4 is 5.76 Å². The Morgan fingerprint density at radius 3 is 2.55 bits per heavy atom. The number of piperidine rings is 1. The predicted octanol–water partition coefficient (Wildman–Crippen LogP) is 2.09. The molecule has 106 valence electrons. The summed E-state index contributed by atoms with van der Waals surface area (Å²) in [4.78, 5) is 14.0. The van der Waals surface area contributed by atoms with Crippen LogP contribution in [0.4, 0.5) is 4.39 Å². The molecule has 20 heavy (non-hydrogen) atoms. The third kappa shape index (κ3) is 2.80. The largest absolute Gasteiger partial charge is 0.438 e. The number of hydrogen-bond acceptors (Lipinski definition) is 4. The highest BCUT2D eigenvalue weighted by atomic mass is 19.1. The van der Waals surface area contributed by atoms with Gasteiger partial charge in [-0.2, -0.15) is 4.68 Å². The maximum Gasteiger partial charge on any atom is 0.438 e. The van der Waals surface area contributed by atoms with E-state index in [1.807, 2.05) is 0 Å². The fraction of sp³-hybridized carbons (Fsp3) is 0.429. The third-order valence-corrected chi connectivity index (χ3v) is 3.48. The van der Waals surface area contributed by atoms with Gasteiger partial charge in [-0.1, -0.05) is 6.42 Å². The van der Waals surface area contributed by atoms with Gasteiger partial charge in [0.2, 0.25) is 5.89 Å². The highest BCUT2D eigenvalue weighted by Gasteiger charge is 2.15. The van der Waals surface area contributed by atoms with Gasteiger partial charge in [0.05, 0.1) is 0 Å². The van der Waals surface area contributed by atoms with Gasteiger partial charge in [0.1, 0.15) is 12.5 Å². The zero-order valence-corrected chi connectivity index (χ0v) is 11.1. The van der Waals surface area contributed by atoms with Gasteiger partial charge in [-0.05, 0) is 50.2 Å². The van der Waals surface area contributed by atoms with Crippen LogP contribution in [0.1, 0.15) is 19.3 Å². The maximum atomic E-state index is 12.9. The van der Waals surface area contributed by atoms with Crippen molar-refractivity contribution < 1.29 is 8.81 Å². The second-order valence-electron chi connectivity index (χ2n) is 5.00. The van der Waals surface area contributed by atoms with Crippen molar-refractivity contribution in [3.05, 3.63) is 40.6 Å². The molecule has 1 aliphatic rings. The van der Waals surface area contributed by atoms with Crippen LogP contribution in [0, 0.1) is 5.82 Å². The Balaban J connectivity index is 1.79. The summed E-state index contributed by atoms with van der Waals surface area (Å²) >= 11 is 0. The molecule has 1 saturated heterocycles. The molecular weight excluding hydrogens is 261 g/mol. The summed E-state index contributed by atoms with van der Waals surface area (Å²) in [6.45, 7) is 2.40. The Kier molecular flexibility index (Phi) is 3.64. The van der Waals surface area contributed by atoms with Crippen LogP contribution in [-0.2, 0) is 6.67 Å². The summed E-state index contributed by atoms with van der Waals surface area (Å²) < 4.78 is 19.3. The average Bonchev–Trinajstić information content (AvgIpc) is 2.82. The predicted molar refractivity (Wildman–Crippen MR) is 71.6 cm³/mol. The molecule has 0 amide bonds. The smallest absolute Gasteiger partial charge is 0.388 e. The monoisotopic (exact) mass is 277 g/mol. The average molecular weight is 277 g/mol. The molecule has 0 spiro atoms. The van der Waals surface area contributed by atoms with E-state index in [4.69, 9.17) is 4.42 Å². The molecule has 0 unspecified atom stereocenters. The molecule has 0 bridgehead atoms. The molecule has 5 nitrogen and oxygen atoms in total. The van der Waals surface area contributed by atoms with E-state index in [1.54, 1.807) is 12.1 Å². The highest BCUT2D eigenvalue weighted by Crippen LogP contribution is 2.16. The summed E-state index contributed by atoms with van der Waals surface area (Å²) in [5.41, 5.74) is 0.598. The third-order valence-electron chi connectivity index (χ3n) is 3.48. The van der Waals surface area contributed by atoms with Crippen LogP contribution in [0.2, 0.25) is 0 Å². The van der Waals surface area contributed by atoms with Crippen molar-refractivity contribution in [3.63, 3.8) is 0 Å². The van der Waals surface area contributed by atoms with Crippen molar-refractivity contribution in [2.45, 2.75) is 25.9 Å². The van der Waals surface area contributed by atoms with Crippen LogP contribution in [0.15, 0.2) is 33.5 Å². The molecule has 6 heteroatoms. The Labute approximate surface area is 115 Å². The molecule has 1 aliphatic heterocycles. The standard InChI is InChI=1S/C14H16FN3O2/c15-12-6-4-11(5-7-12)13-16-18(14(19)20-13)10-17-8-2-1-3-9-17/h4-7H,1-3,8-10H2. The second kappa shape index (κ2) is 5.58. The molecule has 2 heterocycles. The van der Waals surface area contributed by atoms with Crippen LogP contribution in [0.25, 0.3) is 11.5 Å². The van der Waals surface area contributed by atoms with Crippen molar-refractivity contribution in [1.29, 1.82) is 0 Å². The normalized spacial score (nSPS) is 16.4. The van der Waals surface area contributed by atoms with Crippen molar-refractivity contribution in [2.24, 2.45) is 0 Å². The molecule has 1 aromatic carbocycles. The van der Waals surface area contributed by atoms with E-state index >= 15 is 0 Å². The van der Waals surface area contributed by atoms with Gasteiger partial charge in [0.25, 0.3) is 0 Å². The maximum absolute atomic E-state index is 12.9. The second-order valence-corrected chi connectivity index (χ2v) is 5.00. The van der Waals surface area contributed by atoms with Gasteiger partial charge >= 0.3 is 5.76 Å². The summed E-state index contributed by atoms with van der Waals surface area (Å²) in [6, 6.07) is 5.73. The van der Waals surface area contributed by atoms with Gasteiger partial charge in [-0.15, -0.1) is 5.10 Å². The van der Waals surface area contributed by atoms with E-state index < -0.39 is 5.76 Å². The molecule has 1 fully saturated rings. The van der Waals surface area contributed by atoms with Crippen LogP contribution >= 0.6 is 0 Å². The fourth-order valence-corrected chi connectivity index (χ4v) is 2.40. The van der Waals surface area contributed by atoms with Gasteiger partial charge in [-0.25, -0.2) is 9.18 Å². The molecule has 0 saturated carbocycles. The van der Waals surface area contributed by atoms with Gasteiger partial charge in [0, 0.05) is 5.56 Å². The summed E-state index contributed by atoms with van der Waals surface area (Å²) in [6.07, 6.45) is 3.54. The first-order valence-electron chi connectivity index (χ1n) is 6.78. The van der Waals surface area contributed by atoms with E-state index in [1.165, 1.54) is 23.2 Å². The molecule has 0 N–H and O–H groups in total. The quantitative estimate of drug-likeness (QED) is 0.862. The Hall–Kier alpha value is -1.95. The first-order valence-corrected chi connectivity index (χ1v) is 6.78. The zero-order chi connectivity index (χ0) is 13.9. The van der Waals surface area contributed by atoms with Crippen LogP contribution in [-0.4, -0.2) is 27.8 Å². The molecule has 1 aromatic heterocycles.